The lowest BCUT2D eigenvalue weighted by molar-refractivity contribution is -0.148. The van der Waals surface area contributed by atoms with Crippen LogP contribution in [0.15, 0.2) is 22.7 Å². The summed E-state index contributed by atoms with van der Waals surface area (Å²) in [6.45, 7) is 2.41. The first kappa shape index (κ1) is 18.7. The molecule has 0 saturated carbocycles. The summed E-state index contributed by atoms with van der Waals surface area (Å²) in [5, 5.41) is 3.11. The van der Waals surface area contributed by atoms with E-state index in [1.165, 1.54) is 18.2 Å². The first-order valence-electron chi connectivity index (χ1n) is 6.33. The van der Waals surface area contributed by atoms with Crippen molar-refractivity contribution in [3.8, 4) is 0 Å². The zero-order valence-electron chi connectivity index (χ0n) is 11.1. The van der Waals surface area contributed by atoms with Crippen LogP contribution in [-0.4, -0.2) is 37.3 Å². The minimum atomic E-state index is -4.26. The molecule has 0 aromatic heterocycles. The topological polar surface area (TPSA) is 15.3 Å². The van der Waals surface area contributed by atoms with Crippen molar-refractivity contribution in [2.75, 3.05) is 26.2 Å². The molecule has 1 fully saturated rings. The quantitative estimate of drug-likeness (QED) is 0.786. The highest BCUT2D eigenvalue weighted by Crippen LogP contribution is 2.37. The summed E-state index contributed by atoms with van der Waals surface area (Å²) < 4.78 is 52.0. The Kier molecular flexibility index (Phi) is 6.90. The number of hydrogen-bond donors (Lipinski definition) is 1. The molecule has 2 nitrogen and oxygen atoms in total. The molecule has 1 aliphatic heterocycles. The van der Waals surface area contributed by atoms with E-state index in [2.05, 4.69) is 21.2 Å². The van der Waals surface area contributed by atoms with Crippen molar-refractivity contribution in [3.63, 3.8) is 0 Å². The van der Waals surface area contributed by atoms with E-state index < -0.39 is 24.5 Å². The standard InChI is InChI=1S/C13H15BrF4N2.ClH/c14-11-7-9(15)1-2-10(11)12(8-13(16,17)18)20-5-3-19-4-6-20;/h1-2,7,12,19H,3-6,8H2;1H/t12-;/m0./s1. The highest BCUT2D eigenvalue weighted by molar-refractivity contribution is 9.10. The molecular weight excluding hydrogens is 376 g/mol. The van der Waals surface area contributed by atoms with Crippen LogP contribution in [0.25, 0.3) is 0 Å². The van der Waals surface area contributed by atoms with Gasteiger partial charge in [0.2, 0.25) is 0 Å². The maximum atomic E-state index is 13.1. The van der Waals surface area contributed by atoms with E-state index in [9.17, 15) is 17.6 Å². The normalized spacial score (nSPS) is 18.1. The van der Waals surface area contributed by atoms with Gasteiger partial charge in [-0.15, -0.1) is 12.4 Å². The van der Waals surface area contributed by atoms with Gasteiger partial charge < -0.3 is 5.32 Å². The molecule has 0 aliphatic carbocycles. The Hall–Kier alpha value is -0.370. The van der Waals surface area contributed by atoms with Gasteiger partial charge in [0, 0.05) is 36.7 Å². The molecule has 8 heteroatoms. The van der Waals surface area contributed by atoms with Crippen LogP contribution in [0.4, 0.5) is 17.6 Å². The monoisotopic (exact) mass is 390 g/mol. The molecule has 1 aliphatic rings. The second kappa shape index (κ2) is 7.76. The Morgan fingerprint density at radius 3 is 2.38 bits per heavy atom. The number of alkyl halides is 3. The lowest BCUT2D eigenvalue weighted by atomic mass is 10.0. The van der Waals surface area contributed by atoms with Gasteiger partial charge in [0.1, 0.15) is 5.82 Å². The third-order valence-corrected chi connectivity index (χ3v) is 4.03. The molecule has 2 rings (SSSR count). The van der Waals surface area contributed by atoms with Gasteiger partial charge in [-0.1, -0.05) is 22.0 Å². The first-order chi connectivity index (χ1) is 9.37. The van der Waals surface area contributed by atoms with Crippen LogP contribution in [0.2, 0.25) is 0 Å². The zero-order chi connectivity index (χ0) is 14.8. The van der Waals surface area contributed by atoms with Crippen molar-refractivity contribution < 1.29 is 17.6 Å². The molecule has 0 unspecified atom stereocenters. The average molecular weight is 392 g/mol. The molecule has 1 atom stereocenters. The number of hydrogen-bond acceptors (Lipinski definition) is 2. The van der Waals surface area contributed by atoms with Crippen molar-refractivity contribution in [1.82, 2.24) is 10.2 Å². The van der Waals surface area contributed by atoms with E-state index >= 15 is 0 Å². The van der Waals surface area contributed by atoms with Crippen LogP contribution in [0.1, 0.15) is 18.0 Å². The second-order valence-electron chi connectivity index (χ2n) is 4.79. The van der Waals surface area contributed by atoms with Crippen molar-refractivity contribution in [2.24, 2.45) is 0 Å². The van der Waals surface area contributed by atoms with E-state index in [4.69, 9.17) is 0 Å². The van der Waals surface area contributed by atoms with Gasteiger partial charge in [0.05, 0.1) is 6.42 Å². The summed E-state index contributed by atoms with van der Waals surface area (Å²) in [6, 6.07) is 3.05. The third kappa shape index (κ3) is 5.39. The van der Waals surface area contributed by atoms with Crippen molar-refractivity contribution in [3.05, 3.63) is 34.1 Å². The summed E-state index contributed by atoms with van der Waals surface area (Å²) in [5.41, 5.74) is 0.477. The van der Waals surface area contributed by atoms with Gasteiger partial charge in [-0.25, -0.2) is 4.39 Å². The molecule has 21 heavy (non-hydrogen) atoms. The molecular formula is C13H16BrClF4N2. The van der Waals surface area contributed by atoms with Gasteiger partial charge >= 0.3 is 6.18 Å². The van der Waals surface area contributed by atoms with Crippen LogP contribution in [0.5, 0.6) is 0 Å². The van der Waals surface area contributed by atoms with E-state index in [0.717, 1.165) is 0 Å². The van der Waals surface area contributed by atoms with Gasteiger partial charge in [0.25, 0.3) is 0 Å². The molecule has 120 valence electrons. The molecule has 0 radical (unpaired) electrons. The van der Waals surface area contributed by atoms with Gasteiger partial charge in [-0.2, -0.15) is 13.2 Å². The average Bonchev–Trinajstić information content (AvgIpc) is 2.36. The molecule has 1 aromatic rings. The molecule has 0 amide bonds. The predicted octanol–water partition coefficient (Wildman–Crippen LogP) is 3.91. The highest BCUT2D eigenvalue weighted by atomic mass is 79.9. The molecule has 0 bridgehead atoms. The summed E-state index contributed by atoms with van der Waals surface area (Å²) in [4.78, 5) is 1.79. The van der Waals surface area contributed by atoms with E-state index in [1.54, 1.807) is 4.90 Å². The minimum absolute atomic E-state index is 0. The Morgan fingerprint density at radius 2 is 1.86 bits per heavy atom. The number of rotatable bonds is 3. The Labute approximate surface area is 135 Å². The fourth-order valence-corrected chi connectivity index (χ4v) is 3.04. The summed E-state index contributed by atoms with van der Waals surface area (Å²) in [5.74, 6) is -0.466. The van der Waals surface area contributed by atoms with E-state index in [-0.39, 0.29) is 12.4 Å². The number of nitrogens with zero attached hydrogens (tertiary/aromatic N) is 1. The van der Waals surface area contributed by atoms with Crippen LogP contribution in [-0.2, 0) is 0 Å². The van der Waals surface area contributed by atoms with Gasteiger partial charge in [-0.05, 0) is 17.7 Å². The lowest BCUT2D eigenvalue weighted by Gasteiger charge is -2.36. The second-order valence-corrected chi connectivity index (χ2v) is 5.64. The fraction of sp³-hybridized carbons (Fsp3) is 0.538. The van der Waals surface area contributed by atoms with Gasteiger partial charge in [-0.3, -0.25) is 4.90 Å². The molecule has 1 N–H and O–H groups in total. The summed E-state index contributed by atoms with van der Waals surface area (Å²) in [7, 11) is 0. The van der Waals surface area contributed by atoms with Crippen LogP contribution in [0, 0.1) is 5.82 Å². The number of benzene rings is 1. The minimum Gasteiger partial charge on any atom is -0.314 e. The first-order valence-corrected chi connectivity index (χ1v) is 7.12. The third-order valence-electron chi connectivity index (χ3n) is 3.34. The van der Waals surface area contributed by atoms with Crippen LogP contribution in [0.3, 0.4) is 0 Å². The number of halogens is 6. The van der Waals surface area contributed by atoms with Crippen LogP contribution < -0.4 is 5.32 Å². The molecule has 1 aromatic carbocycles. The Morgan fingerprint density at radius 1 is 1.24 bits per heavy atom. The number of nitrogens with one attached hydrogen (secondary N) is 1. The SMILES string of the molecule is Cl.Fc1ccc([C@H](CC(F)(F)F)N2CCNCC2)c(Br)c1. The molecule has 1 heterocycles. The smallest absolute Gasteiger partial charge is 0.314 e. The maximum absolute atomic E-state index is 13.1. The molecule has 0 spiro atoms. The largest absolute Gasteiger partial charge is 0.390 e. The molecule has 1 saturated heterocycles. The van der Waals surface area contributed by atoms with Crippen molar-refractivity contribution in [1.29, 1.82) is 0 Å². The fourth-order valence-electron chi connectivity index (χ4n) is 2.42. The van der Waals surface area contributed by atoms with Crippen LogP contribution >= 0.6 is 28.3 Å². The Bertz CT molecular complexity index is 464. The van der Waals surface area contributed by atoms with E-state index in [1.807, 2.05) is 0 Å². The highest BCUT2D eigenvalue weighted by Gasteiger charge is 2.36. The summed E-state index contributed by atoms with van der Waals surface area (Å²) in [6.07, 6.45) is -5.19. The number of piperazine rings is 1. The zero-order valence-corrected chi connectivity index (χ0v) is 13.5. The van der Waals surface area contributed by atoms with Crippen molar-refractivity contribution >= 4 is 28.3 Å². The maximum Gasteiger partial charge on any atom is 0.390 e. The summed E-state index contributed by atoms with van der Waals surface area (Å²) >= 11 is 3.17. The lowest BCUT2D eigenvalue weighted by Crippen LogP contribution is -2.46. The van der Waals surface area contributed by atoms with Crippen molar-refractivity contribution in [2.45, 2.75) is 18.6 Å². The predicted molar refractivity (Wildman–Crippen MR) is 79.2 cm³/mol. The van der Waals surface area contributed by atoms with Gasteiger partial charge in [0.15, 0.2) is 0 Å². The van der Waals surface area contributed by atoms with E-state index in [0.29, 0.717) is 36.2 Å². The Balaban J connectivity index is 0.00000220.